The number of phenols is 3. The predicted molar refractivity (Wildman–Crippen MR) is 110 cm³/mol. The van der Waals surface area contributed by atoms with Crippen molar-refractivity contribution in [3.05, 3.63) is 76.3 Å². The van der Waals surface area contributed by atoms with Gasteiger partial charge in [0.1, 0.15) is 17.2 Å². The van der Waals surface area contributed by atoms with Gasteiger partial charge in [0.05, 0.1) is 16.7 Å². The molecule has 152 valence electrons. The van der Waals surface area contributed by atoms with Gasteiger partial charge in [0.25, 0.3) is 0 Å². The summed E-state index contributed by atoms with van der Waals surface area (Å²) < 4.78 is 5.73. The van der Waals surface area contributed by atoms with Gasteiger partial charge >= 0.3 is 0 Å². The van der Waals surface area contributed by atoms with Gasteiger partial charge in [-0.1, -0.05) is 25.5 Å². The number of hydrogen-bond donors (Lipinski definition) is 3. The lowest BCUT2D eigenvalue weighted by Gasteiger charge is -2.21. The molecule has 0 saturated heterocycles. The first-order chi connectivity index (χ1) is 14.4. The molecule has 0 bridgehead atoms. The Kier molecular flexibility index (Phi) is 4.91. The Bertz CT molecular complexity index is 1160. The van der Waals surface area contributed by atoms with Crippen LogP contribution in [0.2, 0.25) is 0 Å². The summed E-state index contributed by atoms with van der Waals surface area (Å²) in [7, 11) is 0. The van der Waals surface area contributed by atoms with Gasteiger partial charge in [-0.2, -0.15) is 0 Å². The van der Waals surface area contributed by atoms with Crippen LogP contribution in [0, 0.1) is 0 Å². The molecule has 30 heavy (non-hydrogen) atoms. The van der Waals surface area contributed by atoms with Crippen LogP contribution in [0.25, 0.3) is 0 Å². The first kappa shape index (κ1) is 19.5. The summed E-state index contributed by atoms with van der Waals surface area (Å²) in [6, 6.07) is 12.5. The molecule has 0 unspecified atom stereocenters. The highest BCUT2D eigenvalue weighted by Crippen LogP contribution is 2.44. The van der Waals surface area contributed by atoms with E-state index in [-0.39, 0.29) is 28.0 Å². The second-order valence-electron chi connectivity index (χ2n) is 7.20. The molecule has 6 heteroatoms. The van der Waals surface area contributed by atoms with Crippen molar-refractivity contribution in [2.24, 2.45) is 0 Å². The smallest absolute Gasteiger partial charge is 0.202 e. The largest absolute Gasteiger partial charge is 0.507 e. The molecule has 0 radical (unpaired) electrons. The lowest BCUT2D eigenvalue weighted by molar-refractivity contribution is 0.0971. The minimum absolute atomic E-state index is 0.0132. The van der Waals surface area contributed by atoms with E-state index in [4.69, 9.17) is 4.74 Å². The minimum Gasteiger partial charge on any atom is -0.507 e. The molecule has 0 heterocycles. The number of unbranched alkanes of at least 4 members (excludes halogenated alkanes) is 1. The molecule has 3 aromatic rings. The van der Waals surface area contributed by atoms with E-state index in [0.29, 0.717) is 5.75 Å². The highest BCUT2D eigenvalue weighted by Gasteiger charge is 2.37. The molecule has 0 spiro atoms. The summed E-state index contributed by atoms with van der Waals surface area (Å²) in [5.41, 5.74) is 0.244. The molecule has 0 amide bonds. The third-order valence-corrected chi connectivity index (χ3v) is 5.20. The molecule has 0 atom stereocenters. The highest BCUT2D eigenvalue weighted by atomic mass is 16.5. The summed E-state index contributed by atoms with van der Waals surface area (Å²) in [4.78, 5) is 25.8. The quantitative estimate of drug-likeness (QED) is 0.416. The number of carbonyl (C=O) groups is 2. The molecule has 3 N–H and O–H groups in total. The van der Waals surface area contributed by atoms with E-state index in [0.717, 1.165) is 31.4 Å². The number of rotatable bonds is 5. The lowest BCUT2D eigenvalue weighted by atomic mass is 9.82. The van der Waals surface area contributed by atoms with Crippen molar-refractivity contribution in [2.75, 3.05) is 0 Å². The van der Waals surface area contributed by atoms with Gasteiger partial charge in [0, 0.05) is 5.56 Å². The summed E-state index contributed by atoms with van der Waals surface area (Å²) >= 11 is 0. The van der Waals surface area contributed by atoms with Crippen LogP contribution in [0.1, 0.15) is 57.2 Å². The number of carbonyl (C=O) groups excluding carboxylic acids is 2. The predicted octanol–water partition coefficient (Wildman–Crippen LogP) is 4.71. The van der Waals surface area contributed by atoms with Gasteiger partial charge in [0.2, 0.25) is 5.78 Å². The number of fused-ring (bicyclic) bond motifs is 2. The zero-order chi connectivity index (χ0) is 21.4. The Morgan fingerprint density at radius 1 is 0.767 bits per heavy atom. The molecular weight excluding hydrogens is 384 g/mol. The second-order valence-corrected chi connectivity index (χ2v) is 7.20. The first-order valence-corrected chi connectivity index (χ1v) is 9.69. The summed E-state index contributed by atoms with van der Waals surface area (Å²) in [5, 5.41) is 30.8. The van der Waals surface area contributed by atoms with Crippen LogP contribution in [-0.2, 0) is 6.42 Å². The molecule has 6 nitrogen and oxygen atoms in total. The van der Waals surface area contributed by atoms with Gasteiger partial charge in [-0.3, -0.25) is 9.59 Å². The average Bonchev–Trinajstić information content (AvgIpc) is 2.74. The molecule has 1 aliphatic rings. The standard InChI is InChI=1S/C24H20O6/c1-2-3-4-13-5-7-14(8-6-13)30-18-12-9-15-19(23(18)28)24(29)21-17(26)11-10-16(25)20(21)22(15)27/h5-12,25-26,28H,2-4H2,1H3. The average molecular weight is 404 g/mol. The van der Waals surface area contributed by atoms with Gasteiger partial charge in [-0.05, 0) is 54.8 Å². The van der Waals surface area contributed by atoms with Gasteiger partial charge in [-0.25, -0.2) is 0 Å². The number of phenolic OH excluding ortho intramolecular Hbond substituents is 3. The Morgan fingerprint density at radius 3 is 2.03 bits per heavy atom. The Morgan fingerprint density at radius 2 is 1.40 bits per heavy atom. The molecule has 0 fully saturated rings. The molecule has 1 aliphatic carbocycles. The van der Waals surface area contributed by atoms with Crippen LogP contribution < -0.4 is 4.74 Å². The molecule has 0 saturated carbocycles. The number of ketones is 2. The van der Waals surface area contributed by atoms with Crippen LogP contribution in [0.4, 0.5) is 0 Å². The van der Waals surface area contributed by atoms with Crippen molar-refractivity contribution in [1.82, 2.24) is 0 Å². The molecular formula is C24H20O6. The lowest BCUT2D eigenvalue weighted by Crippen LogP contribution is -2.21. The summed E-state index contributed by atoms with van der Waals surface area (Å²) in [6.45, 7) is 2.13. The fraction of sp³-hybridized carbons (Fsp3) is 0.167. The number of aromatic hydroxyl groups is 3. The Hall–Kier alpha value is -3.80. The normalized spacial score (nSPS) is 12.4. The van der Waals surface area contributed by atoms with Crippen LogP contribution in [0.5, 0.6) is 28.7 Å². The number of hydrogen-bond acceptors (Lipinski definition) is 6. The van der Waals surface area contributed by atoms with Crippen molar-refractivity contribution in [2.45, 2.75) is 26.2 Å². The van der Waals surface area contributed by atoms with Gasteiger partial charge in [0.15, 0.2) is 17.3 Å². The van der Waals surface area contributed by atoms with Crippen LogP contribution >= 0.6 is 0 Å². The molecule has 4 rings (SSSR count). The van der Waals surface area contributed by atoms with Crippen molar-refractivity contribution in [3.63, 3.8) is 0 Å². The van der Waals surface area contributed by atoms with E-state index in [1.807, 2.05) is 12.1 Å². The molecule has 0 aliphatic heterocycles. The maximum Gasteiger partial charge on any atom is 0.202 e. The van der Waals surface area contributed by atoms with E-state index in [9.17, 15) is 24.9 Å². The van der Waals surface area contributed by atoms with Crippen LogP contribution in [-0.4, -0.2) is 26.9 Å². The molecule has 3 aromatic carbocycles. The number of ether oxygens (including phenoxy) is 1. The topological polar surface area (TPSA) is 104 Å². The Balaban J connectivity index is 1.71. The van der Waals surface area contributed by atoms with E-state index < -0.39 is 28.8 Å². The van der Waals surface area contributed by atoms with Gasteiger partial charge in [-0.15, -0.1) is 0 Å². The van der Waals surface area contributed by atoms with Crippen molar-refractivity contribution >= 4 is 11.6 Å². The summed E-state index contributed by atoms with van der Waals surface area (Å²) in [6.07, 6.45) is 3.16. The second kappa shape index (κ2) is 7.55. The summed E-state index contributed by atoms with van der Waals surface area (Å²) in [5.74, 6) is -2.27. The third-order valence-electron chi connectivity index (χ3n) is 5.20. The fourth-order valence-electron chi connectivity index (χ4n) is 3.61. The fourth-order valence-corrected chi connectivity index (χ4v) is 3.61. The van der Waals surface area contributed by atoms with E-state index in [1.54, 1.807) is 12.1 Å². The monoisotopic (exact) mass is 404 g/mol. The van der Waals surface area contributed by atoms with E-state index in [2.05, 4.69) is 6.92 Å². The van der Waals surface area contributed by atoms with Crippen molar-refractivity contribution in [1.29, 1.82) is 0 Å². The van der Waals surface area contributed by atoms with Crippen molar-refractivity contribution in [3.8, 4) is 28.7 Å². The minimum atomic E-state index is -0.758. The number of benzene rings is 3. The number of aryl methyl sites for hydroxylation is 1. The van der Waals surface area contributed by atoms with E-state index >= 15 is 0 Å². The molecule has 0 aromatic heterocycles. The SMILES string of the molecule is CCCCc1ccc(Oc2ccc3c(c2O)C(=O)c2c(O)ccc(O)c2C3=O)cc1. The van der Waals surface area contributed by atoms with Crippen LogP contribution in [0.15, 0.2) is 48.5 Å². The van der Waals surface area contributed by atoms with E-state index in [1.165, 1.54) is 17.7 Å². The Labute approximate surface area is 173 Å². The maximum absolute atomic E-state index is 13.0. The van der Waals surface area contributed by atoms with Gasteiger partial charge < -0.3 is 20.1 Å². The third kappa shape index (κ3) is 3.16. The maximum atomic E-state index is 13.0. The van der Waals surface area contributed by atoms with Crippen LogP contribution in [0.3, 0.4) is 0 Å². The van der Waals surface area contributed by atoms with Crippen molar-refractivity contribution < 1.29 is 29.6 Å². The zero-order valence-electron chi connectivity index (χ0n) is 16.3. The highest BCUT2D eigenvalue weighted by molar-refractivity contribution is 6.31. The first-order valence-electron chi connectivity index (χ1n) is 9.69. The zero-order valence-corrected chi connectivity index (χ0v) is 16.3.